The molecule has 0 aromatic heterocycles. The van der Waals surface area contributed by atoms with Crippen LogP contribution in [0.1, 0.15) is 70.7 Å². The topological polar surface area (TPSA) is 35.7 Å². The van der Waals surface area contributed by atoms with Crippen LogP contribution in [0.2, 0.25) is 20.1 Å². The van der Waals surface area contributed by atoms with Crippen molar-refractivity contribution in [2.24, 2.45) is 0 Å². The monoisotopic (exact) mass is 655 g/mol. The molecule has 0 saturated carbocycles. The Hall–Kier alpha value is -2.47. The number of allylic oxidation sites excluding steroid dienone is 2. The van der Waals surface area contributed by atoms with Crippen molar-refractivity contribution < 1.29 is 9.84 Å². The van der Waals surface area contributed by atoms with Crippen LogP contribution in [0.25, 0.3) is 16.7 Å². The molecule has 1 N–H and O–H groups in total. The molecule has 0 spiro atoms. The number of aliphatic hydroxyl groups excluding tert-OH is 1. The number of benzene rings is 3. The molecule has 3 heterocycles. The molecule has 3 aromatic rings. The Morgan fingerprint density at radius 1 is 0.791 bits per heavy atom. The SMILES string of the molecule is CCN1c2cc3c(cc2C(C)=CC1(C)C)C(c1cc(Cl)c(Cl)c(Cl)c1Cl)=c1cc2c(cc1O3)=[N+](CCO)C(C)(C)C=C2C. The first kappa shape index (κ1) is 30.6. The van der Waals surface area contributed by atoms with Crippen LogP contribution in [0.4, 0.5) is 5.69 Å². The van der Waals surface area contributed by atoms with Gasteiger partial charge in [-0.2, -0.15) is 0 Å². The van der Waals surface area contributed by atoms with Gasteiger partial charge in [0.15, 0.2) is 12.1 Å². The van der Waals surface area contributed by atoms with Gasteiger partial charge in [-0.05, 0) is 70.0 Å². The summed E-state index contributed by atoms with van der Waals surface area (Å²) in [6, 6.07) is 10.4. The highest BCUT2D eigenvalue weighted by Crippen LogP contribution is 2.49. The number of fused-ring (bicyclic) bond motifs is 4. The van der Waals surface area contributed by atoms with Crippen LogP contribution in [0.3, 0.4) is 0 Å². The zero-order valence-electron chi connectivity index (χ0n) is 25.4. The van der Waals surface area contributed by atoms with Crippen LogP contribution in [0.5, 0.6) is 11.5 Å². The number of hydrogen-bond acceptors (Lipinski definition) is 3. The summed E-state index contributed by atoms with van der Waals surface area (Å²) in [5.41, 5.74) is 7.67. The summed E-state index contributed by atoms with van der Waals surface area (Å²) in [7, 11) is 0. The van der Waals surface area contributed by atoms with Gasteiger partial charge in [-0.15, -0.1) is 0 Å². The van der Waals surface area contributed by atoms with Crippen LogP contribution in [-0.2, 0) is 0 Å². The van der Waals surface area contributed by atoms with E-state index in [2.05, 4.69) is 94.4 Å². The minimum atomic E-state index is -0.288. The summed E-state index contributed by atoms with van der Waals surface area (Å²) in [5, 5.41) is 13.0. The van der Waals surface area contributed by atoms with Gasteiger partial charge in [-0.3, -0.25) is 0 Å². The summed E-state index contributed by atoms with van der Waals surface area (Å²) in [4.78, 5) is 2.39. The average Bonchev–Trinajstić information content (AvgIpc) is 2.93. The van der Waals surface area contributed by atoms with Gasteiger partial charge in [-0.1, -0.05) is 52.5 Å². The van der Waals surface area contributed by atoms with Crippen LogP contribution in [-0.4, -0.2) is 35.9 Å². The predicted octanol–water partition coefficient (Wildman–Crippen LogP) is 8.35. The van der Waals surface area contributed by atoms with Gasteiger partial charge in [0.05, 0.1) is 31.7 Å². The van der Waals surface area contributed by atoms with E-state index in [0.717, 1.165) is 56.4 Å². The summed E-state index contributed by atoms with van der Waals surface area (Å²) < 4.78 is 9.02. The Morgan fingerprint density at radius 2 is 1.49 bits per heavy atom. The number of halogens is 4. The zero-order valence-corrected chi connectivity index (χ0v) is 28.4. The number of hydrogen-bond donors (Lipinski definition) is 1. The van der Waals surface area contributed by atoms with E-state index in [1.54, 1.807) is 6.07 Å². The quantitative estimate of drug-likeness (QED) is 0.136. The molecule has 3 aliphatic heterocycles. The normalized spacial score (nSPS) is 17.8. The second kappa shape index (κ2) is 10.6. The molecular weight excluding hydrogens is 622 g/mol. The molecule has 0 atom stereocenters. The molecule has 6 rings (SSSR count). The summed E-state index contributed by atoms with van der Waals surface area (Å²) in [6.07, 6.45) is 4.55. The van der Waals surface area contributed by atoms with E-state index in [-0.39, 0.29) is 27.7 Å². The van der Waals surface area contributed by atoms with Gasteiger partial charge in [0.2, 0.25) is 5.36 Å². The molecule has 3 aromatic carbocycles. The van der Waals surface area contributed by atoms with E-state index in [1.807, 2.05) is 0 Å². The minimum absolute atomic E-state index is 0.0347. The zero-order chi connectivity index (χ0) is 31.2. The maximum atomic E-state index is 9.97. The lowest BCUT2D eigenvalue weighted by atomic mass is 9.84. The van der Waals surface area contributed by atoms with E-state index in [9.17, 15) is 5.11 Å². The molecule has 4 nitrogen and oxygen atoms in total. The second-order valence-corrected chi connectivity index (χ2v) is 14.2. The van der Waals surface area contributed by atoms with Crippen LogP contribution >= 0.6 is 46.4 Å². The van der Waals surface area contributed by atoms with Gasteiger partial charge in [0, 0.05) is 65.2 Å². The highest BCUT2D eigenvalue weighted by atomic mass is 35.5. The highest BCUT2D eigenvalue weighted by molar-refractivity contribution is 6.52. The molecule has 0 amide bonds. The molecule has 43 heavy (non-hydrogen) atoms. The Kier molecular flexibility index (Phi) is 7.51. The largest absolute Gasteiger partial charge is 0.456 e. The lowest BCUT2D eigenvalue weighted by Crippen LogP contribution is -2.50. The molecule has 0 radical (unpaired) electrons. The maximum Gasteiger partial charge on any atom is 0.212 e. The minimum Gasteiger partial charge on any atom is -0.456 e. The van der Waals surface area contributed by atoms with Crippen LogP contribution < -0.4 is 24.8 Å². The Morgan fingerprint density at radius 3 is 2.16 bits per heavy atom. The fourth-order valence-corrected chi connectivity index (χ4v) is 8.06. The number of anilines is 1. The van der Waals surface area contributed by atoms with Crippen molar-refractivity contribution in [1.82, 2.24) is 4.58 Å². The molecule has 0 fully saturated rings. The third kappa shape index (κ3) is 4.73. The molecule has 0 bridgehead atoms. The van der Waals surface area contributed by atoms with E-state index in [4.69, 9.17) is 51.1 Å². The number of ether oxygens (including phenoxy) is 1. The fraction of sp³-hybridized carbons (Fsp3) is 0.343. The predicted molar refractivity (Wildman–Crippen MR) is 182 cm³/mol. The lowest BCUT2D eigenvalue weighted by molar-refractivity contribution is 0.255. The lowest BCUT2D eigenvalue weighted by Gasteiger charge is -2.43. The van der Waals surface area contributed by atoms with Crippen molar-refractivity contribution >= 4 is 68.8 Å². The van der Waals surface area contributed by atoms with E-state index in [0.29, 0.717) is 27.9 Å². The molecule has 8 heteroatoms. The first-order chi connectivity index (χ1) is 20.2. The van der Waals surface area contributed by atoms with Crippen molar-refractivity contribution in [2.75, 3.05) is 24.6 Å². The van der Waals surface area contributed by atoms with Crippen molar-refractivity contribution in [1.29, 1.82) is 0 Å². The van der Waals surface area contributed by atoms with Gasteiger partial charge < -0.3 is 14.7 Å². The Labute approximate surface area is 273 Å². The number of β-amino-alcohol motifs (C(OH)–C–C–N with tert-alkyl or cyclic N) is 1. The summed E-state index contributed by atoms with van der Waals surface area (Å²) in [5.74, 6) is 1.41. The Balaban J connectivity index is 1.78. The first-order valence-electron chi connectivity index (χ1n) is 14.5. The third-order valence-electron chi connectivity index (χ3n) is 8.93. The molecule has 3 aliphatic rings. The van der Waals surface area contributed by atoms with Gasteiger partial charge >= 0.3 is 0 Å². The van der Waals surface area contributed by atoms with Gasteiger partial charge in [0.1, 0.15) is 18.1 Å². The molecule has 0 unspecified atom stereocenters. The van der Waals surface area contributed by atoms with E-state index < -0.39 is 0 Å². The van der Waals surface area contributed by atoms with Crippen molar-refractivity contribution in [3.8, 4) is 11.5 Å². The van der Waals surface area contributed by atoms with Crippen LogP contribution in [0.15, 0.2) is 42.5 Å². The van der Waals surface area contributed by atoms with Crippen molar-refractivity contribution in [3.05, 3.63) is 95.4 Å². The molecule has 0 saturated heterocycles. The van der Waals surface area contributed by atoms with Crippen molar-refractivity contribution in [3.63, 3.8) is 0 Å². The van der Waals surface area contributed by atoms with E-state index >= 15 is 0 Å². The first-order valence-corrected chi connectivity index (χ1v) is 16.0. The van der Waals surface area contributed by atoms with E-state index in [1.165, 1.54) is 5.57 Å². The second-order valence-electron chi connectivity index (χ2n) is 12.6. The summed E-state index contributed by atoms with van der Waals surface area (Å²) >= 11 is 26.7. The van der Waals surface area contributed by atoms with Crippen molar-refractivity contribution in [2.45, 2.75) is 59.5 Å². The molecular formula is C35H35Cl4N2O2+. The smallest absolute Gasteiger partial charge is 0.212 e. The van der Waals surface area contributed by atoms with Crippen LogP contribution in [0, 0.1) is 0 Å². The fourth-order valence-electron chi connectivity index (χ4n) is 7.16. The number of likely N-dealkylation sites (N-methyl/N-ethyl adjacent to an activating group) is 1. The summed E-state index contributed by atoms with van der Waals surface area (Å²) in [6.45, 7) is 16.6. The standard InChI is InChI=1S/C35H35Cl4N2O2/c1-8-40-26-14-28-22(11-20(26)18(2)16-34(40,4)5)30(24-13-25(36)32(38)33(39)31(24)37)23-12-21-19(3)17-35(6,7)41(9-10-42)27(21)15-29(23)43-28/h11-17,42H,8-10H2,1-7H3/q+1. The number of rotatable bonds is 4. The van der Waals surface area contributed by atoms with Gasteiger partial charge in [-0.25, -0.2) is 4.58 Å². The number of aliphatic hydroxyl groups is 1. The number of nitrogens with zero attached hydrogens (tertiary/aromatic N) is 2. The van der Waals surface area contributed by atoms with Gasteiger partial charge in [0.25, 0.3) is 0 Å². The Bertz CT molecular complexity index is 1920. The molecule has 224 valence electrons. The highest BCUT2D eigenvalue weighted by Gasteiger charge is 2.36. The molecule has 0 aliphatic carbocycles. The third-order valence-corrected chi connectivity index (χ3v) is 10.7. The average molecular weight is 657 g/mol. The maximum absolute atomic E-state index is 9.97.